The number of hydrogen-bond donors (Lipinski definition) is 2. The van der Waals surface area contributed by atoms with Crippen LogP contribution in [0.2, 0.25) is 5.02 Å². The number of benzene rings is 1. The first-order valence-corrected chi connectivity index (χ1v) is 8.29. The van der Waals surface area contributed by atoms with Crippen molar-refractivity contribution in [3.8, 4) is 0 Å². The van der Waals surface area contributed by atoms with Gasteiger partial charge in [-0.25, -0.2) is 4.99 Å². The summed E-state index contributed by atoms with van der Waals surface area (Å²) in [5.74, 6) is 2.01. The predicted molar refractivity (Wildman–Crippen MR) is 103 cm³/mol. The lowest BCUT2D eigenvalue weighted by atomic mass is 10.2. The predicted octanol–water partition coefficient (Wildman–Crippen LogP) is 3.77. The second-order valence-corrected chi connectivity index (χ2v) is 5.45. The number of aliphatic imine (C=N–C) groups is 1. The van der Waals surface area contributed by atoms with E-state index in [4.69, 9.17) is 11.6 Å². The summed E-state index contributed by atoms with van der Waals surface area (Å²) in [6, 6.07) is 7.81. The fourth-order valence-corrected chi connectivity index (χ4v) is 2.18. The van der Waals surface area contributed by atoms with Gasteiger partial charge in [0.2, 0.25) is 0 Å². The summed E-state index contributed by atoms with van der Waals surface area (Å²) in [6.45, 7) is 4.46. The Kier molecular flexibility index (Phi) is 12.5. The first kappa shape index (κ1) is 19.9. The van der Waals surface area contributed by atoms with E-state index in [0.29, 0.717) is 6.54 Å². The summed E-state index contributed by atoms with van der Waals surface area (Å²) in [4.78, 5) is 4.55. The lowest BCUT2D eigenvalue weighted by Gasteiger charge is -2.11. The molecule has 20 heavy (non-hydrogen) atoms. The Balaban J connectivity index is 0.00000361. The van der Waals surface area contributed by atoms with Crippen molar-refractivity contribution in [1.82, 2.24) is 10.6 Å². The zero-order chi connectivity index (χ0) is 13.9. The molecule has 0 aliphatic carbocycles. The maximum absolute atomic E-state index is 6.12. The minimum Gasteiger partial charge on any atom is -0.357 e. The van der Waals surface area contributed by atoms with Gasteiger partial charge in [-0.2, -0.15) is 11.8 Å². The Morgan fingerprint density at radius 1 is 1.30 bits per heavy atom. The van der Waals surface area contributed by atoms with Crippen LogP contribution in [0, 0.1) is 0 Å². The molecule has 0 heterocycles. The number of nitrogens with one attached hydrogen (secondary N) is 2. The molecule has 1 aromatic carbocycles. The van der Waals surface area contributed by atoms with Crippen LogP contribution in [-0.2, 0) is 6.54 Å². The number of nitrogens with zero attached hydrogens (tertiary/aromatic N) is 1. The quantitative estimate of drug-likeness (QED) is 0.301. The van der Waals surface area contributed by atoms with Crippen LogP contribution in [0.15, 0.2) is 29.3 Å². The molecule has 0 aromatic heterocycles. The van der Waals surface area contributed by atoms with Crippen LogP contribution in [0.4, 0.5) is 0 Å². The van der Waals surface area contributed by atoms with Crippen LogP contribution in [0.3, 0.4) is 0 Å². The Morgan fingerprint density at radius 3 is 2.70 bits per heavy atom. The van der Waals surface area contributed by atoms with E-state index < -0.39 is 0 Å². The molecular weight excluding hydrogens is 405 g/mol. The molecule has 0 atom stereocenters. The van der Waals surface area contributed by atoms with Gasteiger partial charge in [-0.15, -0.1) is 24.0 Å². The largest absolute Gasteiger partial charge is 0.357 e. The third-order valence-electron chi connectivity index (χ3n) is 2.53. The van der Waals surface area contributed by atoms with Gasteiger partial charge in [0.15, 0.2) is 5.96 Å². The molecule has 1 rings (SSSR count). The zero-order valence-corrected chi connectivity index (χ0v) is 15.9. The van der Waals surface area contributed by atoms with Crippen LogP contribution < -0.4 is 10.6 Å². The summed E-state index contributed by atoms with van der Waals surface area (Å²) in [5, 5.41) is 7.33. The second kappa shape index (κ2) is 12.6. The van der Waals surface area contributed by atoms with Crippen LogP contribution in [0.1, 0.15) is 18.9 Å². The minimum atomic E-state index is 0. The highest BCUT2D eigenvalue weighted by Gasteiger charge is 2.00. The fourth-order valence-electron chi connectivity index (χ4n) is 1.56. The number of thioether (sulfide) groups is 1. The summed E-state index contributed by atoms with van der Waals surface area (Å²) in [5.41, 5.74) is 1.05. The van der Waals surface area contributed by atoms with Gasteiger partial charge in [-0.1, -0.05) is 29.8 Å². The monoisotopic (exact) mass is 427 g/mol. The first-order chi connectivity index (χ1) is 9.27. The van der Waals surface area contributed by atoms with Crippen LogP contribution >= 0.6 is 47.3 Å². The maximum atomic E-state index is 6.12. The standard InChI is InChI=1S/C14H22ClN3S.HI/c1-3-16-14(17-9-6-10-19-2)18-11-12-7-4-5-8-13(12)15;/h4-5,7-8H,3,6,9-11H2,1-2H3,(H2,16,17,18);1H. The van der Waals surface area contributed by atoms with E-state index in [1.54, 1.807) is 0 Å². The number of rotatable bonds is 7. The summed E-state index contributed by atoms with van der Waals surface area (Å²) in [7, 11) is 0. The van der Waals surface area contributed by atoms with Gasteiger partial charge in [0.25, 0.3) is 0 Å². The van der Waals surface area contributed by atoms with Gasteiger partial charge in [0, 0.05) is 18.1 Å². The zero-order valence-electron chi connectivity index (χ0n) is 12.0. The molecule has 114 valence electrons. The lowest BCUT2D eigenvalue weighted by Crippen LogP contribution is -2.37. The van der Waals surface area contributed by atoms with E-state index in [-0.39, 0.29) is 24.0 Å². The molecule has 0 fully saturated rings. The average molecular weight is 428 g/mol. The van der Waals surface area contributed by atoms with Gasteiger partial charge in [0.05, 0.1) is 6.54 Å². The van der Waals surface area contributed by atoms with Crippen molar-refractivity contribution in [2.24, 2.45) is 4.99 Å². The van der Waals surface area contributed by atoms with Crippen molar-refractivity contribution < 1.29 is 0 Å². The highest BCUT2D eigenvalue weighted by molar-refractivity contribution is 14.0. The number of hydrogen-bond acceptors (Lipinski definition) is 2. The molecule has 1 aromatic rings. The smallest absolute Gasteiger partial charge is 0.191 e. The third kappa shape index (κ3) is 8.21. The molecule has 0 spiro atoms. The molecule has 0 amide bonds. The van der Waals surface area contributed by atoms with Crippen LogP contribution in [0.25, 0.3) is 0 Å². The second-order valence-electron chi connectivity index (χ2n) is 4.06. The van der Waals surface area contributed by atoms with Crippen molar-refractivity contribution >= 4 is 53.3 Å². The van der Waals surface area contributed by atoms with Crippen molar-refractivity contribution in [3.05, 3.63) is 34.9 Å². The van der Waals surface area contributed by atoms with Gasteiger partial charge in [-0.3, -0.25) is 0 Å². The molecule has 0 aliphatic rings. The van der Waals surface area contributed by atoms with Crippen LogP contribution in [0.5, 0.6) is 0 Å². The maximum Gasteiger partial charge on any atom is 0.191 e. The van der Waals surface area contributed by atoms with Gasteiger partial charge < -0.3 is 10.6 Å². The van der Waals surface area contributed by atoms with Gasteiger partial charge in [0.1, 0.15) is 0 Å². The van der Waals surface area contributed by atoms with E-state index in [0.717, 1.165) is 41.8 Å². The highest BCUT2D eigenvalue weighted by Crippen LogP contribution is 2.15. The minimum absolute atomic E-state index is 0. The molecule has 2 N–H and O–H groups in total. The molecule has 0 radical (unpaired) electrons. The Morgan fingerprint density at radius 2 is 2.05 bits per heavy atom. The van der Waals surface area contributed by atoms with Gasteiger partial charge in [-0.05, 0) is 37.0 Å². The first-order valence-electron chi connectivity index (χ1n) is 6.52. The van der Waals surface area contributed by atoms with E-state index in [1.165, 1.54) is 0 Å². The number of guanidine groups is 1. The van der Waals surface area contributed by atoms with Crippen LogP contribution in [-0.4, -0.2) is 31.1 Å². The Bertz CT molecular complexity index is 402. The van der Waals surface area contributed by atoms with E-state index >= 15 is 0 Å². The summed E-state index contributed by atoms with van der Waals surface area (Å²) < 4.78 is 0. The van der Waals surface area contributed by atoms with Crippen molar-refractivity contribution in [1.29, 1.82) is 0 Å². The summed E-state index contributed by atoms with van der Waals surface area (Å²) >= 11 is 7.98. The molecule has 0 bridgehead atoms. The third-order valence-corrected chi connectivity index (χ3v) is 3.59. The normalized spacial score (nSPS) is 10.8. The van der Waals surface area contributed by atoms with Gasteiger partial charge >= 0.3 is 0 Å². The summed E-state index contributed by atoms with van der Waals surface area (Å²) in [6.07, 6.45) is 3.26. The highest BCUT2D eigenvalue weighted by atomic mass is 127. The molecular formula is C14H23ClIN3S. The van der Waals surface area contributed by atoms with E-state index in [1.807, 2.05) is 36.0 Å². The molecule has 0 saturated heterocycles. The van der Waals surface area contributed by atoms with Crippen molar-refractivity contribution in [2.45, 2.75) is 19.9 Å². The number of halogens is 2. The average Bonchev–Trinajstić information content (AvgIpc) is 2.42. The molecule has 0 unspecified atom stereocenters. The molecule has 0 aliphatic heterocycles. The van der Waals surface area contributed by atoms with E-state index in [2.05, 4.69) is 28.8 Å². The Hall–Kier alpha value is -0.140. The Labute approximate surface area is 148 Å². The fraction of sp³-hybridized carbons (Fsp3) is 0.500. The SMILES string of the molecule is CCNC(=NCc1ccccc1Cl)NCCCSC.I. The molecule has 6 heteroatoms. The lowest BCUT2D eigenvalue weighted by molar-refractivity contribution is 0.790. The van der Waals surface area contributed by atoms with Crippen molar-refractivity contribution in [3.63, 3.8) is 0 Å². The topological polar surface area (TPSA) is 36.4 Å². The van der Waals surface area contributed by atoms with Crippen molar-refractivity contribution in [2.75, 3.05) is 25.1 Å². The van der Waals surface area contributed by atoms with E-state index in [9.17, 15) is 0 Å². The molecule has 0 saturated carbocycles. The molecule has 3 nitrogen and oxygen atoms in total.